The number of halogens is 1. The van der Waals surface area contributed by atoms with Gasteiger partial charge >= 0.3 is 14.2 Å². The zero-order valence-electron chi connectivity index (χ0n) is 53.5. The molecule has 0 spiro atoms. The summed E-state index contributed by atoms with van der Waals surface area (Å²) in [6, 6.07) is 96.6. The van der Waals surface area contributed by atoms with Crippen molar-refractivity contribution in [3.63, 3.8) is 0 Å². The Morgan fingerprint density at radius 2 is 0.516 bits per heavy atom. The third-order valence-electron chi connectivity index (χ3n) is 19.6. The summed E-state index contributed by atoms with van der Waals surface area (Å²) in [6.45, 7) is 16.7. The molecule has 2 fully saturated rings. The van der Waals surface area contributed by atoms with Crippen LogP contribution in [-0.4, -0.2) is 46.6 Å². The van der Waals surface area contributed by atoms with Crippen molar-refractivity contribution in [3.8, 4) is 44.8 Å². The van der Waals surface area contributed by atoms with Crippen LogP contribution in [0, 0.1) is 0 Å². The van der Waals surface area contributed by atoms with Gasteiger partial charge in [0.2, 0.25) is 0 Å². The number of nitrogens with zero attached hydrogens (tertiary/aromatic N) is 2. The fourth-order valence-electron chi connectivity index (χ4n) is 13.4. The zero-order chi connectivity index (χ0) is 63.8. The number of rotatable bonds is 6. The van der Waals surface area contributed by atoms with E-state index < -0.39 is 36.6 Å². The van der Waals surface area contributed by atoms with Gasteiger partial charge < -0.3 is 18.6 Å². The lowest BCUT2D eigenvalue weighted by Gasteiger charge is -2.32. The average molecular weight is 1270 g/mol. The smallest absolute Gasteiger partial charge is 0.399 e. The van der Waals surface area contributed by atoms with Crippen molar-refractivity contribution < 1.29 is 18.6 Å². The van der Waals surface area contributed by atoms with Gasteiger partial charge in [-0.2, -0.15) is 0 Å². The van der Waals surface area contributed by atoms with Crippen LogP contribution in [0.1, 0.15) is 55.4 Å². The predicted octanol–water partition coefficient (Wildman–Crippen LogP) is 21.1. The molecule has 17 rings (SSSR count). The number of pyridine rings is 2. The second-order valence-corrected chi connectivity index (χ2v) is 27.4. The standard InChI is InChI=1S/C39H39B2NO4.C39H25N.C6H5Br/c1-36(2)37(3,4)44-40(43-36)25-21-24(22-26(23-25)41-45-38(5,6)39(7,8)46-41)34-32-20-14-12-18-30(32)33-29-17-11-9-15-27(29)28-16-10-13-19-31(28)35(33)42-34;1-3-13-26(14-4-1)28-23-29(27-15-5-2-6-16-27)25-30(24-28)38-36-22-12-10-20-34(36)37-33-19-9-7-17-31(33)32-18-8-11-21-35(32)39(37)40-38;7-6-4-2-1-3-5-6/h9-23H,1-8H3;1-25H;1-5H. The molecule has 0 bridgehead atoms. The zero-order valence-corrected chi connectivity index (χ0v) is 55.1. The molecular formula is C84H69B2BrN2O4. The fourth-order valence-corrected chi connectivity index (χ4v) is 13.7. The van der Waals surface area contributed by atoms with Gasteiger partial charge in [-0.05, 0) is 162 Å². The molecule has 13 aromatic carbocycles. The molecule has 2 aliphatic heterocycles. The van der Waals surface area contributed by atoms with Gasteiger partial charge in [-0.1, -0.05) is 259 Å². The molecule has 9 heteroatoms. The van der Waals surface area contributed by atoms with Gasteiger partial charge in [0.05, 0.1) is 44.8 Å². The van der Waals surface area contributed by atoms with Crippen molar-refractivity contribution in [2.24, 2.45) is 0 Å². The third kappa shape index (κ3) is 10.9. The highest BCUT2D eigenvalue weighted by Gasteiger charge is 2.54. The second kappa shape index (κ2) is 23.7. The summed E-state index contributed by atoms with van der Waals surface area (Å²) in [4.78, 5) is 11.1. The SMILES string of the molecule is Brc1ccccc1.CC1(C)OB(c2cc(B3OC(C)(C)C(C)(C)O3)cc(-c3nc4c5ccccc5c5ccccc5c4c4ccccc34)c2)OC1(C)C.c1ccc(-c2cc(-c3ccccc3)cc(-c3nc4c5ccccc5c5ccccc5c4c4ccccc34)c2)cc1. The van der Waals surface area contributed by atoms with Crippen molar-refractivity contribution in [2.75, 3.05) is 0 Å². The molecule has 6 nitrogen and oxygen atoms in total. The van der Waals surface area contributed by atoms with Crippen LogP contribution in [0.5, 0.6) is 0 Å². The van der Waals surface area contributed by atoms with Gasteiger partial charge in [-0.15, -0.1) is 0 Å². The fraction of sp³-hybridized carbons (Fsp3) is 0.143. The number of aromatic nitrogens is 2. The molecule has 0 amide bonds. The van der Waals surface area contributed by atoms with E-state index in [1.807, 2.05) is 30.3 Å². The van der Waals surface area contributed by atoms with Crippen LogP contribution in [0.4, 0.5) is 0 Å². The molecule has 2 aliphatic rings. The highest BCUT2D eigenvalue weighted by atomic mass is 79.9. The Morgan fingerprint density at radius 3 is 0.849 bits per heavy atom. The summed E-state index contributed by atoms with van der Waals surface area (Å²) in [5.74, 6) is 0. The molecule has 15 aromatic rings. The van der Waals surface area contributed by atoms with E-state index in [9.17, 15) is 0 Å². The lowest BCUT2D eigenvalue weighted by Crippen LogP contribution is -2.41. The monoisotopic (exact) mass is 1270 g/mol. The lowest BCUT2D eigenvalue weighted by molar-refractivity contribution is 0.00578. The van der Waals surface area contributed by atoms with Crippen LogP contribution in [0.15, 0.2) is 277 Å². The minimum atomic E-state index is -0.553. The molecule has 2 saturated heterocycles. The van der Waals surface area contributed by atoms with E-state index in [1.165, 1.54) is 86.9 Å². The van der Waals surface area contributed by atoms with E-state index in [1.54, 1.807) is 0 Å². The molecule has 0 unspecified atom stereocenters. The lowest BCUT2D eigenvalue weighted by atomic mass is 9.70. The Morgan fingerprint density at radius 1 is 0.258 bits per heavy atom. The first-order valence-electron chi connectivity index (χ1n) is 32.1. The molecule has 2 aromatic heterocycles. The summed E-state index contributed by atoms with van der Waals surface area (Å²) in [5, 5.41) is 16.7. The topological polar surface area (TPSA) is 62.7 Å². The van der Waals surface area contributed by atoms with E-state index in [4.69, 9.17) is 28.6 Å². The van der Waals surface area contributed by atoms with Gasteiger partial charge in [-0.3, -0.25) is 0 Å². The van der Waals surface area contributed by atoms with Crippen LogP contribution < -0.4 is 10.9 Å². The number of hydrogen-bond donors (Lipinski definition) is 0. The van der Waals surface area contributed by atoms with E-state index >= 15 is 0 Å². The molecule has 452 valence electrons. The van der Waals surface area contributed by atoms with Crippen LogP contribution in [0.25, 0.3) is 131 Å². The average Bonchev–Trinajstić information content (AvgIpc) is 1.48. The van der Waals surface area contributed by atoms with Gasteiger partial charge in [0.15, 0.2) is 0 Å². The maximum absolute atomic E-state index is 6.58. The Balaban J connectivity index is 0.000000140. The van der Waals surface area contributed by atoms with E-state index in [0.29, 0.717) is 0 Å². The maximum atomic E-state index is 6.58. The predicted molar refractivity (Wildman–Crippen MR) is 396 cm³/mol. The summed E-state index contributed by atoms with van der Waals surface area (Å²) in [6.07, 6.45) is 0. The van der Waals surface area contributed by atoms with E-state index in [-0.39, 0.29) is 0 Å². The first kappa shape index (κ1) is 60.0. The third-order valence-corrected chi connectivity index (χ3v) is 20.1. The second-order valence-electron chi connectivity index (χ2n) is 26.5. The van der Waals surface area contributed by atoms with Crippen LogP contribution in [0.2, 0.25) is 0 Å². The highest BCUT2D eigenvalue weighted by molar-refractivity contribution is 9.10. The van der Waals surface area contributed by atoms with Crippen molar-refractivity contribution in [1.82, 2.24) is 9.97 Å². The summed E-state index contributed by atoms with van der Waals surface area (Å²) in [7, 11) is -1.11. The van der Waals surface area contributed by atoms with Gasteiger partial charge in [0.25, 0.3) is 0 Å². The molecule has 93 heavy (non-hydrogen) atoms. The van der Waals surface area contributed by atoms with Gasteiger partial charge in [0.1, 0.15) is 0 Å². The Bertz CT molecular complexity index is 5250. The largest absolute Gasteiger partial charge is 0.494 e. The normalized spacial score (nSPS) is 15.5. The minimum absolute atomic E-state index is 0.480. The molecule has 0 radical (unpaired) electrons. The highest BCUT2D eigenvalue weighted by Crippen LogP contribution is 2.45. The maximum Gasteiger partial charge on any atom is 0.494 e. The van der Waals surface area contributed by atoms with Crippen molar-refractivity contribution in [2.45, 2.75) is 77.8 Å². The Labute approximate surface area is 552 Å². The number of hydrogen-bond acceptors (Lipinski definition) is 6. The van der Waals surface area contributed by atoms with Crippen molar-refractivity contribution >= 4 is 128 Å². The van der Waals surface area contributed by atoms with E-state index in [2.05, 4.69) is 314 Å². The summed E-state index contributed by atoms with van der Waals surface area (Å²) >= 11 is 3.31. The number of fused-ring (bicyclic) bond motifs is 16. The molecular weight excluding hydrogens is 1200 g/mol. The van der Waals surface area contributed by atoms with Crippen LogP contribution in [-0.2, 0) is 18.6 Å². The minimum Gasteiger partial charge on any atom is -0.399 e. The van der Waals surface area contributed by atoms with Crippen molar-refractivity contribution in [3.05, 3.63) is 277 Å². The number of benzene rings is 13. The Hall–Kier alpha value is -9.31. The van der Waals surface area contributed by atoms with Crippen molar-refractivity contribution in [1.29, 1.82) is 0 Å². The quantitative estimate of drug-likeness (QED) is 0.122. The molecule has 0 atom stereocenters. The molecule has 4 heterocycles. The molecule has 0 aliphatic carbocycles. The van der Waals surface area contributed by atoms with Crippen LogP contribution in [0.3, 0.4) is 0 Å². The summed E-state index contributed by atoms with van der Waals surface area (Å²) in [5.41, 5.74) is 10.7. The van der Waals surface area contributed by atoms with Gasteiger partial charge in [0, 0.05) is 47.9 Å². The summed E-state index contributed by atoms with van der Waals surface area (Å²) < 4.78 is 27.5. The van der Waals surface area contributed by atoms with Gasteiger partial charge in [-0.25, -0.2) is 9.97 Å². The van der Waals surface area contributed by atoms with E-state index in [0.717, 1.165) is 59.7 Å². The van der Waals surface area contributed by atoms with Crippen LogP contribution >= 0.6 is 15.9 Å². The molecule has 0 N–H and O–H groups in total. The first-order chi connectivity index (χ1) is 45.0. The molecule has 0 saturated carbocycles. The Kier molecular flexibility index (Phi) is 15.3. The first-order valence-corrected chi connectivity index (χ1v) is 32.9.